The molecule has 0 amide bonds. The van der Waals surface area contributed by atoms with Crippen LogP contribution in [0.1, 0.15) is 0 Å². The predicted molar refractivity (Wildman–Crippen MR) is 37.5 cm³/mol. The van der Waals surface area contributed by atoms with E-state index in [1.54, 1.807) is 0 Å². The van der Waals surface area contributed by atoms with Crippen LogP contribution >= 0.6 is 0 Å². The average molecular weight is 196 g/mol. The van der Waals surface area contributed by atoms with Crippen LogP contribution in [-0.2, 0) is 9.62 Å². The lowest BCUT2D eigenvalue weighted by Crippen LogP contribution is -2.58. The van der Waals surface area contributed by atoms with Crippen molar-refractivity contribution in [3.63, 3.8) is 0 Å². The van der Waals surface area contributed by atoms with E-state index in [-0.39, 0.29) is 0 Å². The van der Waals surface area contributed by atoms with Crippen LogP contribution in [0.3, 0.4) is 0 Å². The summed E-state index contributed by atoms with van der Waals surface area (Å²) in [6, 6.07) is 0. The normalized spacial score (nSPS) is 46.4. The van der Waals surface area contributed by atoms with Gasteiger partial charge in [-0.1, -0.05) is 0 Å². The van der Waals surface area contributed by atoms with Crippen molar-refractivity contribution in [1.29, 1.82) is 0 Å². The maximum atomic E-state index is 9.22. The third-order valence-corrected chi connectivity index (χ3v) is 1.93. The molecule has 0 spiro atoms. The Labute approximate surface area is 73.7 Å². The zero-order valence-corrected chi connectivity index (χ0v) is 6.65. The molecule has 0 bridgehead atoms. The molecular weight excluding hydrogens is 184 g/mol. The molecular formula is C6H12O7. The first kappa shape index (κ1) is 10.8. The highest BCUT2D eigenvalue weighted by atomic mass is 17.1. The molecule has 0 aliphatic carbocycles. The maximum Gasteiger partial charge on any atom is 0.184 e. The summed E-state index contributed by atoms with van der Waals surface area (Å²) in [7, 11) is 0. The van der Waals surface area contributed by atoms with Crippen molar-refractivity contribution >= 4 is 0 Å². The minimum atomic E-state index is -1.60. The summed E-state index contributed by atoms with van der Waals surface area (Å²) in [6.07, 6.45) is -7.17. The van der Waals surface area contributed by atoms with Gasteiger partial charge in [-0.2, -0.15) is 0 Å². The highest BCUT2D eigenvalue weighted by Crippen LogP contribution is 2.19. The Morgan fingerprint density at radius 3 is 2.15 bits per heavy atom. The smallest absolute Gasteiger partial charge is 0.184 e. The molecule has 7 heteroatoms. The summed E-state index contributed by atoms with van der Waals surface area (Å²) in [5, 5.41) is 44.4. The van der Waals surface area contributed by atoms with Crippen molar-refractivity contribution in [3.05, 3.63) is 0 Å². The highest BCUT2D eigenvalue weighted by molar-refractivity contribution is 4.88. The summed E-state index contributed by atoms with van der Waals surface area (Å²) in [5.41, 5.74) is 0. The zero-order chi connectivity index (χ0) is 10.0. The highest BCUT2D eigenvalue weighted by Gasteiger charge is 2.42. The monoisotopic (exact) mass is 196 g/mol. The van der Waals surface area contributed by atoms with Gasteiger partial charge in [0.25, 0.3) is 0 Å². The van der Waals surface area contributed by atoms with Crippen molar-refractivity contribution in [3.8, 4) is 0 Å². The lowest BCUT2D eigenvalue weighted by Gasteiger charge is -2.37. The fourth-order valence-electron chi connectivity index (χ4n) is 1.14. The number of hydrogen-bond donors (Lipinski definition) is 5. The minimum absolute atomic E-state index is 0.401. The first-order valence-corrected chi connectivity index (χ1v) is 3.72. The Hall–Kier alpha value is -0.280. The Morgan fingerprint density at radius 1 is 1.00 bits per heavy atom. The van der Waals surface area contributed by atoms with Gasteiger partial charge < -0.3 is 25.2 Å². The second-order valence-corrected chi connectivity index (χ2v) is 2.83. The first-order valence-electron chi connectivity index (χ1n) is 3.72. The fraction of sp³-hybridized carbons (Fsp3) is 1.00. The summed E-state index contributed by atoms with van der Waals surface area (Å²) in [6.45, 7) is -0.401. The van der Waals surface area contributed by atoms with Crippen LogP contribution < -0.4 is 0 Å². The largest absolute Gasteiger partial charge is 0.387 e. The topological polar surface area (TPSA) is 120 Å². The predicted octanol–water partition coefficient (Wildman–Crippen LogP) is -2.72. The maximum absolute atomic E-state index is 9.22. The van der Waals surface area contributed by atoms with Gasteiger partial charge >= 0.3 is 0 Å². The number of ether oxygens (including phenoxy) is 1. The van der Waals surface area contributed by atoms with Gasteiger partial charge in [0.1, 0.15) is 31.0 Å². The molecule has 1 aliphatic heterocycles. The van der Waals surface area contributed by atoms with Crippen LogP contribution in [0.2, 0.25) is 0 Å². The molecule has 0 aromatic heterocycles. The molecule has 0 radical (unpaired) electrons. The molecule has 5 atom stereocenters. The SMILES string of the molecule is OOC[C@H]1O[C@H](O)[C@H](O)[C@@H](O)[C@@H]1O. The van der Waals surface area contributed by atoms with Gasteiger partial charge in [0, 0.05) is 0 Å². The van der Waals surface area contributed by atoms with Crippen LogP contribution in [0.5, 0.6) is 0 Å². The summed E-state index contributed by atoms with van der Waals surface area (Å²) >= 11 is 0. The van der Waals surface area contributed by atoms with E-state index in [9.17, 15) is 5.11 Å². The van der Waals surface area contributed by atoms with Crippen molar-refractivity contribution in [1.82, 2.24) is 0 Å². The summed E-state index contributed by atoms with van der Waals surface area (Å²) < 4.78 is 4.63. The quantitative estimate of drug-likeness (QED) is 0.240. The molecule has 5 N–H and O–H groups in total. The van der Waals surface area contributed by atoms with Gasteiger partial charge in [-0.25, -0.2) is 4.89 Å². The Bertz CT molecular complexity index is 163. The third kappa shape index (κ3) is 2.15. The van der Waals surface area contributed by atoms with Crippen LogP contribution in [0.15, 0.2) is 0 Å². The van der Waals surface area contributed by atoms with Crippen molar-refractivity contribution in [2.75, 3.05) is 6.61 Å². The lowest BCUT2D eigenvalue weighted by atomic mass is 9.99. The Kier molecular flexibility index (Phi) is 3.56. The first-order chi connectivity index (χ1) is 6.07. The number of rotatable bonds is 2. The van der Waals surface area contributed by atoms with Crippen LogP contribution in [0, 0.1) is 0 Å². The van der Waals surface area contributed by atoms with E-state index in [2.05, 4.69) is 9.62 Å². The Morgan fingerprint density at radius 2 is 1.62 bits per heavy atom. The zero-order valence-electron chi connectivity index (χ0n) is 6.65. The van der Waals surface area contributed by atoms with Gasteiger partial charge in [0.15, 0.2) is 6.29 Å². The second-order valence-electron chi connectivity index (χ2n) is 2.83. The van der Waals surface area contributed by atoms with Gasteiger partial charge in [0.05, 0.1) is 0 Å². The standard InChI is InChI=1S/C6H12O7/c7-3-2(1-12-11)13-6(10)5(9)4(3)8/h2-11H,1H2/t2-,3-,4+,5-,6+/m1/s1. The molecule has 13 heavy (non-hydrogen) atoms. The molecule has 1 saturated heterocycles. The molecule has 0 unspecified atom stereocenters. The molecule has 1 fully saturated rings. The molecule has 0 aromatic rings. The van der Waals surface area contributed by atoms with Crippen LogP contribution in [0.25, 0.3) is 0 Å². The van der Waals surface area contributed by atoms with Crippen molar-refractivity contribution in [2.45, 2.75) is 30.7 Å². The van der Waals surface area contributed by atoms with Gasteiger partial charge in [-0.15, -0.1) is 0 Å². The van der Waals surface area contributed by atoms with E-state index in [0.717, 1.165) is 0 Å². The second kappa shape index (κ2) is 4.29. The van der Waals surface area contributed by atoms with E-state index < -0.39 is 37.3 Å². The van der Waals surface area contributed by atoms with E-state index in [1.807, 2.05) is 0 Å². The van der Waals surface area contributed by atoms with E-state index in [0.29, 0.717) is 0 Å². The number of hydrogen-bond acceptors (Lipinski definition) is 7. The average Bonchev–Trinajstić information content (AvgIpc) is 2.11. The van der Waals surface area contributed by atoms with E-state index in [4.69, 9.17) is 20.6 Å². The molecule has 0 aromatic carbocycles. The van der Waals surface area contributed by atoms with Gasteiger partial charge in [-0.05, 0) is 0 Å². The molecule has 1 aliphatic rings. The van der Waals surface area contributed by atoms with Gasteiger partial charge in [-0.3, -0.25) is 5.26 Å². The fourth-order valence-corrected chi connectivity index (χ4v) is 1.14. The van der Waals surface area contributed by atoms with E-state index in [1.165, 1.54) is 0 Å². The lowest BCUT2D eigenvalue weighted by molar-refractivity contribution is -0.323. The van der Waals surface area contributed by atoms with Crippen LogP contribution in [-0.4, -0.2) is 63.0 Å². The number of aliphatic hydroxyl groups excluding tert-OH is 4. The summed E-state index contributed by atoms with van der Waals surface area (Å²) in [5.74, 6) is 0. The molecule has 1 heterocycles. The summed E-state index contributed by atoms with van der Waals surface area (Å²) in [4.78, 5) is 3.69. The van der Waals surface area contributed by atoms with Crippen molar-refractivity contribution in [2.24, 2.45) is 0 Å². The third-order valence-electron chi connectivity index (χ3n) is 1.93. The molecule has 1 rings (SSSR count). The van der Waals surface area contributed by atoms with E-state index >= 15 is 0 Å². The minimum Gasteiger partial charge on any atom is -0.387 e. The van der Waals surface area contributed by atoms with Crippen LogP contribution in [0.4, 0.5) is 0 Å². The van der Waals surface area contributed by atoms with Gasteiger partial charge in [0.2, 0.25) is 0 Å². The Balaban J connectivity index is 2.59. The number of aliphatic hydroxyl groups is 4. The van der Waals surface area contributed by atoms with Crippen molar-refractivity contribution < 1.29 is 35.3 Å². The molecule has 0 saturated carbocycles. The molecule has 78 valence electrons. The molecule has 7 nitrogen and oxygen atoms in total.